The van der Waals surface area contributed by atoms with Crippen molar-refractivity contribution in [2.24, 2.45) is 0 Å². The summed E-state index contributed by atoms with van der Waals surface area (Å²) >= 11 is 0. The minimum absolute atomic E-state index is 0.349. The Labute approximate surface area is 284 Å². The van der Waals surface area contributed by atoms with Crippen LogP contribution < -0.4 is 20.7 Å². The van der Waals surface area contributed by atoms with Crippen molar-refractivity contribution < 1.29 is 30.7 Å². The highest BCUT2D eigenvalue weighted by molar-refractivity contribution is 7.19. The summed E-state index contributed by atoms with van der Waals surface area (Å²) in [5, 5.41) is 3.29. The molecule has 0 saturated carbocycles. The summed E-state index contributed by atoms with van der Waals surface area (Å²) < 4.78 is 99.2. The van der Waals surface area contributed by atoms with E-state index in [-0.39, 0.29) is 0 Å². The zero-order valence-corrected chi connectivity index (χ0v) is 27.1. The Morgan fingerprint density at radius 1 is 0.220 bits per heavy atom. The second-order valence-electron chi connectivity index (χ2n) is 12.0. The molecule has 0 spiro atoms. The van der Waals surface area contributed by atoms with Crippen LogP contribution in [0.15, 0.2) is 152 Å². The van der Waals surface area contributed by atoms with Gasteiger partial charge in [-0.1, -0.05) is 84.9 Å². The van der Waals surface area contributed by atoms with Crippen LogP contribution in [0.4, 0.5) is 30.7 Å². The normalized spacial score (nSPS) is 11.5. The lowest BCUT2D eigenvalue weighted by Crippen LogP contribution is -2.74. The molecule has 0 radical (unpaired) electrons. The molecule has 0 amide bonds. The molecule has 0 bridgehead atoms. The van der Waals surface area contributed by atoms with Gasteiger partial charge in [-0.15, -0.1) is 0 Å². The molecule has 0 unspecified atom stereocenters. The predicted octanol–water partition coefficient (Wildman–Crippen LogP) is 9.04. The van der Waals surface area contributed by atoms with E-state index in [1.165, 1.54) is 48.5 Å². The number of halogens is 7. The highest BCUT2D eigenvalue weighted by Gasteiger charge is 2.41. The molecule has 0 N–H and O–H groups in total. The first-order valence-electron chi connectivity index (χ1n) is 15.6. The van der Waals surface area contributed by atoms with Gasteiger partial charge in [0.15, 0.2) is 8.07 Å². The lowest BCUT2D eigenvalue weighted by molar-refractivity contribution is 0.583. The Morgan fingerprint density at radius 2 is 0.440 bits per heavy atom. The third kappa shape index (κ3) is 6.37. The molecule has 8 heteroatoms. The molecule has 7 rings (SSSR count). The van der Waals surface area contributed by atoms with Crippen molar-refractivity contribution in [1.29, 1.82) is 0 Å². The molecule has 0 aliphatic rings. The van der Waals surface area contributed by atoms with Gasteiger partial charge < -0.3 is 0 Å². The minimum Gasteiger partial charge on any atom is -0.207 e. The summed E-state index contributed by atoms with van der Waals surface area (Å²) in [6, 6.07) is 37.9. The van der Waals surface area contributed by atoms with Gasteiger partial charge in [-0.25, -0.2) is 30.7 Å². The SMILES string of the molecule is Fc1ccc([Si](c2ccc(-c3cc(F)cc(F)c3)cc2)(c2ccc(-c3cc(F)cc(F)c3)cc2)c2ccc(-c3cc(F)cc(F)c3)cc2)cc1. The van der Waals surface area contributed by atoms with Crippen molar-refractivity contribution in [3.05, 3.63) is 192 Å². The fourth-order valence-electron chi connectivity index (χ4n) is 6.60. The Bertz CT molecular complexity index is 2030. The first-order chi connectivity index (χ1) is 24.1. The van der Waals surface area contributed by atoms with Crippen LogP contribution >= 0.6 is 0 Å². The van der Waals surface area contributed by atoms with Gasteiger partial charge in [-0.2, -0.15) is 0 Å². The van der Waals surface area contributed by atoms with E-state index < -0.39 is 48.8 Å². The van der Waals surface area contributed by atoms with Gasteiger partial charge in [0.2, 0.25) is 0 Å². The summed E-state index contributed by atoms with van der Waals surface area (Å²) in [6.07, 6.45) is 0. The molecule has 246 valence electrons. The van der Waals surface area contributed by atoms with Crippen LogP contribution in [0.3, 0.4) is 0 Å². The van der Waals surface area contributed by atoms with Crippen molar-refractivity contribution in [2.45, 2.75) is 0 Å². The van der Waals surface area contributed by atoms with Crippen molar-refractivity contribution in [3.8, 4) is 33.4 Å². The molecular formula is C42H25F7Si. The Morgan fingerprint density at radius 3 is 0.680 bits per heavy atom. The average Bonchev–Trinajstić information content (AvgIpc) is 3.09. The molecule has 0 fully saturated rings. The minimum atomic E-state index is -3.37. The lowest BCUT2D eigenvalue weighted by atomic mass is 10.1. The molecule has 0 atom stereocenters. The highest BCUT2D eigenvalue weighted by atomic mass is 28.3. The Balaban J connectivity index is 1.45. The van der Waals surface area contributed by atoms with E-state index in [9.17, 15) is 30.7 Å². The maximum Gasteiger partial charge on any atom is 0.179 e. The van der Waals surface area contributed by atoms with Crippen molar-refractivity contribution in [1.82, 2.24) is 0 Å². The monoisotopic (exact) mass is 690 g/mol. The van der Waals surface area contributed by atoms with Crippen LogP contribution in [0.25, 0.3) is 33.4 Å². The maximum atomic E-state index is 14.4. The zero-order valence-electron chi connectivity index (χ0n) is 26.1. The summed E-state index contributed by atoms with van der Waals surface area (Å²) in [5.74, 6) is -4.71. The van der Waals surface area contributed by atoms with Crippen molar-refractivity contribution in [2.75, 3.05) is 0 Å². The quantitative estimate of drug-likeness (QED) is 0.0890. The topological polar surface area (TPSA) is 0 Å². The van der Waals surface area contributed by atoms with Gasteiger partial charge in [0, 0.05) is 18.2 Å². The van der Waals surface area contributed by atoms with Gasteiger partial charge in [0.1, 0.15) is 40.7 Å². The molecule has 7 aromatic rings. The summed E-state index contributed by atoms with van der Waals surface area (Å²) in [5.41, 5.74) is 2.76. The number of hydrogen-bond donors (Lipinski definition) is 0. The molecule has 0 aliphatic carbocycles. The van der Waals surface area contributed by atoms with Crippen LogP contribution in [0, 0.1) is 40.7 Å². The molecule has 0 aliphatic heterocycles. The van der Waals surface area contributed by atoms with Crippen molar-refractivity contribution >= 4 is 28.8 Å². The summed E-state index contributed by atoms with van der Waals surface area (Å²) in [6.45, 7) is 0. The lowest BCUT2D eigenvalue weighted by Gasteiger charge is -2.35. The van der Waals surface area contributed by atoms with E-state index >= 15 is 0 Å². The van der Waals surface area contributed by atoms with Crippen LogP contribution in [0.5, 0.6) is 0 Å². The van der Waals surface area contributed by atoms with Gasteiger partial charge in [0.25, 0.3) is 0 Å². The van der Waals surface area contributed by atoms with Crippen LogP contribution in [-0.4, -0.2) is 8.07 Å². The molecule has 7 aromatic carbocycles. The fourth-order valence-corrected chi connectivity index (χ4v) is 11.3. The van der Waals surface area contributed by atoms with Crippen LogP contribution in [-0.2, 0) is 0 Å². The van der Waals surface area contributed by atoms with E-state index in [1.54, 1.807) is 48.5 Å². The first-order valence-corrected chi connectivity index (χ1v) is 17.6. The number of hydrogen-bond acceptors (Lipinski definition) is 0. The van der Waals surface area contributed by atoms with Gasteiger partial charge in [-0.05, 0) is 103 Å². The summed E-state index contributed by atoms with van der Waals surface area (Å²) in [7, 11) is -3.37. The smallest absolute Gasteiger partial charge is 0.179 e. The van der Waals surface area contributed by atoms with Crippen molar-refractivity contribution in [3.63, 3.8) is 0 Å². The maximum absolute atomic E-state index is 14.4. The van der Waals surface area contributed by atoms with E-state index in [1.807, 2.05) is 36.4 Å². The molecular weight excluding hydrogens is 666 g/mol. The van der Waals surface area contributed by atoms with Crippen LogP contribution in [0.1, 0.15) is 0 Å². The van der Waals surface area contributed by atoms with Gasteiger partial charge in [-0.3, -0.25) is 0 Å². The average molecular weight is 691 g/mol. The van der Waals surface area contributed by atoms with E-state index in [2.05, 4.69) is 0 Å². The molecule has 0 heterocycles. The Hall–Kier alpha value is -5.73. The second-order valence-corrected chi connectivity index (χ2v) is 15.8. The number of benzene rings is 7. The fraction of sp³-hybridized carbons (Fsp3) is 0. The molecule has 0 aromatic heterocycles. The zero-order chi connectivity index (χ0) is 35.0. The third-order valence-corrected chi connectivity index (χ3v) is 13.6. The van der Waals surface area contributed by atoms with E-state index in [4.69, 9.17) is 0 Å². The van der Waals surface area contributed by atoms with Crippen LogP contribution in [0.2, 0.25) is 0 Å². The Kier molecular flexibility index (Phi) is 8.72. The van der Waals surface area contributed by atoms with Gasteiger partial charge >= 0.3 is 0 Å². The second kappa shape index (κ2) is 13.3. The van der Waals surface area contributed by atoms with E-state index in [0.717, 1.165) is 38.9 Å². The highest BCUT2D eigenvalue weighted by Crippen LogP contribution is 2.26. The first kappa shape index (κ1) is 32.8. The largest absolute Gasteiger partial charge is 0.207 e. The molecule has 50 heavy (non-hydrogen) atoms. The summed E-state index contributed by atoms with van der Waals surface area (Å²) in [4.78, 5) is 0. The number of rotatable bonds is 7. The predicted molar refractivity (Wildman–Crippen MR) is 186 cm³/mol. The van der Waals surface area contributed by atoms with Gasteiger partial charge in [0.05, 0.1) is 0 Å². The standard InChI is InChI=1S/C42H25F7Si/c43-32-7-15-42(16-8-32)50(39-9-1-26(2-10-39)29-17-33(44)23-34(45)18-29,40-11-3-27(4-12-40)30-19-35(46)24-36(47)20-30)41-13-5-28(6-14-41)31-21-37(48)25-38(49)22-31/h1-25H. The molecule has 0 nitrogen and oxygen atoms in total. The third-order valence-electron chi connectivity index (χ3n) is 8.82. The molecule has 0 saturated heterocycles. The van der Waals surface area contributed by atoms with E-state index in [0.29, 0.717) is 33.4 Å².